The van der Waals surface area contributed by atoms with Gasteiger partial charge in [-0.15, -0.1) is 0 Å². The standard InChI is InChI=1S/C26H36BNO2/c1-23(2,3)16-11-12-21-18(13-16)19-14-17(24(4,5)6)15-20(22(19)28-21)27-29-25(7,8)26(9,10)30-27/h11-15,28H,1-10H3. The zero-order valence-electron chi connectivity index (χ0n) is 20.3. The molecule has 1 N–H and O–H groups in total. The molecular formula is C26H36BNO2. The van der Waals surface area contributed by atoms with Crippen molar-refractivity contribution >= 4 is 34.4 Å². The quantitative estimate of drug-likeness (QED) is 0.488. The molecule has 0 atom stereocenters. The average molecular weight is 405 g/mol. The van der Waals surface area contributed by atoms with Gasteiger partial charge in [-0.05, 0) is 67.9 Å². The fourth-order valence-corrected chi connectivity index (χ4v) is 4.08. The van der Waals surface area contributed by atoms with E-state index in [1.807, 2.05) is 0 Å². The molecule has 1 fully saturated rings. The van der Waals surface area contributed by atoms with Gasteiger partial charge in [0.05, 0.1) is 11.2 Å². The number of aromatic amines is 1. The summed E-state index contributed by atoms with van der Waals surface area (Å²) in [5.74, 6) is 0. The Morgan fingerprint density at radius 2 is 1.27 bits per heavy atom. The molecule has 0 bridgehead atoms. The molecule has 4 rings (SSSR count). The van der Waals surface area contributed by atoms with E-state index >= 15 is 0 Å². The summed E-state index contributed by atoms with van der Waals surface area (Å²) in [6, 6.07) is 11.4. The predicted molar refractivity (Wildman–Crippen MR) is 129 cm³/mol. The normalized spacial score (nSPS) is 19.2. The highest BCUT2D eigenvalue weighted by molar-refractivity contribution is 6.65. The van der Waals surface area contributed by atoms with Crippen LogP contribution in [0.15, 0.2) is 30.3 Å². The Kier molecular flexibility index (Phi) is 4.55. The first-order chi connectivity index (χ1) is 13.6. The summed E-state index contributed by atoms with van der Waals surface area (Å²) < 4.78 is 12.9. The molecule has 1 aromatic heterocycles. The number of nitrogens with one attached hydrogen (secondary N) is 1. The monoisotopic (exact) mass is 405 g/mol. The zero-order chi connectivity index (χ0) is 22.3. The average Bonchev–Trinajstić information content (AvgIpc) is 3.05. The predicted octanol–water partition coefficient (Wildman–Crippen LogP) is 6.22. The van der Waals surface area contributed by atoms with Crippen molar-refractivity contribution in [1.29, 1.82) is 0 Å². The van der Waals surface area contributed by atoms with Crippen molar-refractivity contribution in [3.63, 3.8) is 0 Å². The van der Waals surface area contributed by atoms with Crippen molar-refractivity contribution in [3.8, 4) is 0 Å². The Bertz CT molecular complexity index is 1110. The first kappa shape index (κ1) is 21.5. The van der Waals surface area contributed by atoms with Crippen molar-refractivity contribution in [2.45, 2.75) is 91.3 Å². The van der Waals surface area contributed by atoms with Gasteiger partial charge in [-0.3, -0.25) is 0 Å². The number of benzene rings is 2. The van der Waals surface area contributed by atoms with Crippen LogP contribution in [0.4, 0.5) is 0 Å². The van der Waals surface area contributed by atoms with Crippen molar-refractivity contribution in [1.82, 2.24) is 4.98 Å². The van der Waals surface area contributed by atoms with Crippen molar-refractivity contribution in [3.05, 3.63) is 41.5 Å². The van der Waals surface area contributed by atoms with Gasteiger partial charge in [0.15, 0.2) is 0 Å². The third-order valence-corrected chi connectivity index (χ3v) is 6.98. The lowest BCUT2D eigenvalue weighted by atomic mass is 9.74. The number of H-pyrrole nitrogens is 1. The van der Waals surface area contributed by atoms with Gasteiger partial charge in [0.2, 0.25) is 0 Å². The minimum absolute atomic E-state index is 0.0256. The van der Waals surface area contributed by atoms with Gasteiger partial charge in [0, 0.05) is 27.3 Å². The number of aromatic nitrogens is 1. The molecule has 2 aromatic carbocycles. The summed E-state index contributed by atoms with van der Waals surface area (Å²) in [6.45, 7) is 22.0. The van der Waals surface area contributed by atoms with Gasteiger partial charge in [-0.1, -0.05) is 53.7 Å². The van der Waals surface area contributed by atoms with E-state index in [4.69, 9.17) is 9.31 Å². The van der Waals surface area contributed by atoms with Crippen molar-refractivity contribution in [2.75, 3.05) is 0 Å². The molecule has 30 heavy (non-hydrogen) atoms. The molecular weight excluding hydrogens is 369 g/mol. The van der Waals surface area contributed by atoms with Crippen LogP contribution in [-0.2, 0) is 20.1 Å². The van der Waals surface area contributed by atoms with Crippen LogP contribution in [0, 0.1) is 0 Å². The minimum atomic E-state index is -0.394. The largest absolute Gasteiger partial charge is 0.497 e. The maximum absolute atomic E-state index is 6.46. The van der Waals surface area contributed by atoms with Gasteiger partial charge in [-0.2, -0.15) is 0 Å². The number of hydrogen-bond donors (Lipinski definition) is 1. The fraction of sp³-hybridized carbons (Fsp3) is 0.538. The maximum atomic E-state index is 6.46. The van der Waals surface area contributed by atoms with Gasteiger partial charge < -0.3 is 14.3 Å². The SMILES string of the molecule is CC(C)(C)c1ccc2[nH]c3c(B4OC(C)(C)C(C)(C)O4)cc(C(C)(C)C)cc3c2c1. The van der Waals surface area contributed by atoms with Crippen molar-refractivity contribution < 1.29 is 9.31 Å². The minimum Gasteiger partial charge on any atom is -0.399 e. The Morgan fingerprint density at radius 3 is 1.80 bits per heavy atom. The highest BCUT2D eigenvalue weighted by Gasteiger charge is 2.52. The third-order valence-electron chi connectivity index (χ3n) is 6.98. The molecule has 4 heteroatoms. The van der Waals surface area contributed by atoms with E-state index in [1.165, 1.54) is 21.9 Å². The number of rotatable bonds is 1. The zero-order valence-corrected chi connectivity index (χ0v) is 20.3. The van der Waals surface area contributed by atoms with E-state index in [0.29, 0.717) is 0 Å². The smallest absolute Gasteiger partial charge is 0.399 e. The third kappa shape index (κ3) is 3.38. The second-order valence-corrected chi connectivity index (χ2v) is 12.0. The first-order valence-electron chi connectivity index (χ1n) is 11.1. The Morgan fingerprint density at radius 1 is 0.733 bits per heavy atom. The summed E-state index contributed by atoms with van der Waals surface area (Å²) in [5, 5.41) is 2.51. The van der Waals surface area contributed by atoms with Gasteiger partial charge in [0.25, 0.3) is 0 Å². The molecule has 1 saturated heterocycles. The van der Waals surface area contributed by atoms with E-state index in [-0.39, 0.29) is 22.0 Å². The number of hydrogen-bond acceptors (Lipinski definition) is 2. The topological polar surface area (TPSA) is 34.2 Å². The molecule has 1 aliphatic heterocycles. The van der Waals surface area contributed by atoms with E-state index in [2.05, 4.69) is 105 Å². The molecule has 0 saturated carbocycles. The highest BCUT2D eigenvalue weighted by Crippen LogP contribution is 2.39. The van der Waals surface area contributed by atoms with E-state index in [1.54, 1.807) is 0 Å². The van der Waals surface area contributed by atoms with E-state index < -0.39 is 7.12 Å². The first-order valence-corrected chi connectivity index (χ1v) is 11.1. The van der Waals surface area contributed by atoms with Crippen LogP contribution in [0.5, 0.6) is 0 Å². The van der Waals surface area contributed by atoms with Gasteiger partial charge >= 0.3 is 7.12 Å². The van der Waals surface area contributed by atoms with Crippen LogP contribution in [0.2, 0.25) is 0 Å². The molecule has 0 aliphatic carbocycles. The van der Waals surface area contributed by atoms with E-state index in [9.17, 15) is 0 Å². The van der Waals surface area contributed by atoms with E-state index in [0.717, 1.165) is 16.5 Å². The molecule has 0 spiro atoms. The summed E-state index contributed by atoms with van der Waals surface area (Å²) in [7, 11) is -0.394. The van der Waals surface area contributed by atoms with Crippen LogP contribution in [-0.4, -0.2) is 23.3 Å². The Balaban J connectivity index is 2.00. The summed E-state index contributed by atoms with van der Waals surface area (Å²) in [5.41, 5.74) is 5.39. The van der Waals surface area contributed by atoms with Crippen molar-refractivity contribution in [2.24, 2.45) is 0 Å². The van der Waals surface area contributed by atoms with Crippen LogP contribution >= 0.6 is 0 Å². The molecule has 0 amide bonds. The molecule has 0 radical (unpaired) electrons. The summed E-state index contributed by atoms with van der Waals surface area (Å²) in [6.07, 6.45) is 0. The summed E-state index contributed by atoms with van der Waals surface area (Å²) in [4.78, 5) is 3.68. The fourth-order valence-electron chi connectivity index (χ4n) is 4.08. The van der Waals surface area contributed by atoms with Crippen LogP contribution in [0.1, 0.15) is 80.4 Å². The van der Waals surface area contributed by atoms with Gasteiger partial charge in [-0.25, -0.2) is 0 Å². The van der Waals surface area contributed by atoms with Crippen LogP contribution < -0.4 is 5.46 Å². The molecule has 0 unspecified atom stereocenters. The molecule has 3 nitrogen and oxygen atoms in total. The molecule has 160 valence electrons. The second-order valence-electron chi connectivity index (χ2n) is 12.0. The van der Waals surface area contributed by atoms with Gasteiger partial charge in [0.1, 0.15) is 0 Å². The maximum Gasteiger partial charge on any atom is 0.497 e. The molecule has 2 heterocycles. The Labute approximate surface area is 181 Å². The Hall–Kier alpha value is -1.78. The lowest BCUT2D eigenvalue weighted by Gasteiger charge is -2.32. The lowest BCUT2D eigenvalue weighted by molar-refractivity contribution is 0.00578. The van der Waals surface area contributed by atoms with Crippen LogP contribution in [0.25, 0.3) is 21.8 Å². The molecule has 1 aliphatic rings. The second kappa shape index (κ2) is 6.37. The summed E-state index contributed by atoms with van der Waals surface area (Å²) >= 11 is 0. The van der Waals surface area contributed by atoms with Crippen LogP contribution in [0.3, 0.4) is 0 Å². The lowest BCUT2D eigenvalue weighted by Crippen LogP contribution is -2.41. The highest BCUT2D eigenvalue weighted by atomic mass is 16.7. The number of fused-ring (bicyclic) bond motifs is 3. The molecule has 3 aromatic rings.